The molecule has 0 unspecified atom stereocenters. The van der Waals surface area contributed by atoms with Crippen LogP contribution in [0.2, 0.25) is 5.02 Å². The Bertz CT molecular complexity index is 594. The average molecular weight is 323 g/mol. The van der Waals surface area contributed by atoms with Crippen molar-refractivity contribution in [3.8, 4) is 0 Å². The van der Waals surface area contributed by atoms with Crippen LogP contribution in [0.5, 0.6) is 0 Å². The lowest BCUT2D eigenvalue weighted by Gasteiger charge is -2.22. The third kappa shape index (κ3) is 3.14. The monoisotopic (exact) mass is 322 g/mol. The summed E-state index contributed by atoms with van der Waals surface area (Å²) in [4.78, 5) is 37.5. The maximum Gasteiger partial charge on any atom is 0.325 e. The summed E-state index contributed by atoms with van der Waals surface area (Å²) >= 11 is 5.80. The van der Waals surface area contributed by atoms with Gasteiger partial charge in [-0.3, -0.25) is 14.5 Å². The molecule has 1 aliphatic heterocycles. The molecule has 0 atom stereocenters. The van der Waals surface area contributed by atoms with Crippen LogP contribution in [0, 0.1) is 0 Å². The molecule has 0 aliphatic carbocycles. The number of imide groups is 1. The van der Waals surface area contributed by atoms with Gasteiger partial charge < -0.3 is 5.32 Å². The molecule has 3 amide bonds. The van der Waals surface area contributed by atoms with Gasteiger partial charge >= 0.3 is 6.03 Å². The number of ketones is 1. The standard InChI is InChI=1S/C16H19ClN2O3/c1-3-16(4-2)14(21)19(15(22)18-16)10-13(20)9-11-5-7-12(17)8-6-11/h5-8H,3-4,9-10H2,1-2H3,(H,18,22). The van der Waals surface area contributed by atoms with Gasteiger partial charge in [0, 0.05) is 11.4 Å². The summed E-state index contributed by atoms with van der Waals surface area (Å²) in [6, 6.07) is 6.44. The Hall–Kier alpha value is -1.88. The first-order valence-corrected chi connectivity index (χ1v) is 7.70. The summed E-state index contributed by atoms with van der Waals surface area (Å²) < 4.78 is 0. The van der Waals surface area contributed by atoms with Gasteiger partial charge in [-0.2, -0.15) is 0 Å². The number of hydrogen-bond donors (Lipinski definition) is 1. The molecule has 118 valence electrons. The van der Waals surface area contributed by atoms with Crippen LogP contribution < -0.4 is 5.32 Å². The van der Waals surface area contributed by atoms with E-state index in [1.165, 1.54) is 0 Å². The molecule has 0 radical (unpaired) electrons. The number of hydrogen-bond acceptors (Lipinski definition) is 3. The first-order valence-electron chi connectivity index (χ1n) is 7.32. The van der Waals surface area contributed by atoms with E-state index in [4.69, 9.17) is 11.6 Å². The number of rotatable bonds is 6. The van der Waals surface area contributed by atoms with Crippen LogP contribution in [0.1, 0.15) is 32.3 Å². The van der Waals surface area contributed by atoms with Gasteiger partial charge in [-0.1, -0.05) is 37.6 Å². The first kappa shape index (κ1) is 16.5. The number of nitrogens with one attached hydrogen (secondary N) is 1. The second-order valence-corrected chi connectivity index (χ2v) is 5.89. The fourth-order valence-corrected chi connectivity index (χ4v) is 2.74. The SMILES string of the molecule is CCC1(CC)NC(=O)N(CC(=O)Cc2ccc(Cl)cc2)C1=O. The number of carbonyl (C=O) groups is 3. The van der Waals surface area contributed by atoms with Crippen molar-refractivity contribution in [1.29, 1.82) is 0 Å². The molecule has 0 aromatic heterocycles. The highest BCUT2D eigenvalue weighted by Gasteiger charge is 2.48. The summed E-state index contributed by atoms with van der Waals surface area (Å²) in [5.74, 6) is -0.499. The van der Waals surface area contributed by atoms with Crippen LogP contribution >= 0.6 is 11.6 Å². The van der Waals surface area contributed by atoms with E-state index in [1.807, 2.05) is 13.8 Å². The summed E-state index contributed by atoms with van der Waals surface area (Å²) in [6.07, 6.45) is 1.19. The molecule has 2 rings (SSSR count). The Morgan fingerprint density at radius 2 is 1.77 bits per heavy atom. The van der Waals surface area contributed by atoms with Gasteiger partial charge in [0.25, 0.3) is 5.91 Å². The number of carbonyl (C=O) groups excluding carboxylic acids is 3. The van der Waals surface area contributed by atoms with Gasteiger partial charge in [-0.15, -0.1) is 0 Å². The van der Waals surface area contributed by atoms with Gasteiger partial charge in [-0.25, -0.2) is 4.79 Å². The molecule has 1 N–H and O–H groups in total. The minimum absolute atomic E-state index is 0.166. The molecule has 0 spiro atoms. The van der Waals surface area contributed by atoms with Crippen molar-refractivity contribution >= 4 is 29.3 Å². The van der Waals surface area contributed by atoms with E-state index in [-0.39, 0.29) is 24.7 Å². The quantitative estimate of drug-likeness (QED) is 0.818. The lowest BCUT2D eigenvalue weighted by atomic mass is 9.93. The molecule has 1 aromatic rings. The third-order valence-electron chi connectivity index (χ3n) is 4.10. The van der Waals surface area contributed by atoms with Crippen LogP contribution in [0.25, 0.3) is 0 Å². The third-order valence-corrected chi connectivity index (χ3v) is 4.35. The van der Waals surface area contributed by atoms with Gasteiger partial charge in [0.2, 0.25) is 0 Å². The molecule has 0 bridgehead atoms. The van der Waals surface area contributed by atoms with Crippen molar-refractivity contribution in [3.05, 3.63) is 34.9 Å². The predicted octanol–water partition coefficient (Wildman–Crippen LogP) is 2.56. The molecular weight excluding hydrogens is 304 g/mol. The van der Waals surface area contributed by atoms with E-state index in [0.29, 0.717) is 17.9 Å². The van der Waals surface area contributed by atoms with Crippen molar-refractivity contribution in [1.82, 2.24) is 10.2 Å². The minimum atomic E-state index is -0.863. The lowest BCUT2D eigenvalue weighted by Crippen LogP contribution is -2.46. The molecule has 1 aliphatic rings. The molecule has 22 heavy (non-hydrogen) atoms. The zero-order valence-corrected chi connectivity index (χ0v) is 13.4. The second kappa shape index (κ2) is 6.48. The molecular formula is C16H19ClN2O3. The highest BCUT2D eigenvalue weighted by molar-refractivity contribution is 6.30. The minimum Gasteiger partial charge on any atom is -0.323 e. The van der Waals surface area contributed by atoms with Crippen LogP contribution in [-0.2, 0) is 16.0 Å². The zero-order chi connectivity index (χ0) is 16.3. The van der Waals surface area contributed by atoms with Gasteiger partial charge in [0.05, 0.1) is 6.54 Å². The maximum atomic E-state index is 12.4. The molecule has 1 saturated heterocycles. The normalized spacial score (nSPS) is 16.8. The van der Waals surface area contributed by atoms with Crippen molar-refractivity contribution in [2.75, 3.05) is 6.54 Å². The zero-order valence-electron chi connectivity index (χ0n) is 12.7. The highest BCUT2D eigenvalue weighted by atomic mass is 35.5. The Labute approximate surface area is 134 Å². The smallest absolute Gasteiger partial charge is 0.323 e. The largest absolute Gasteiger partial charge is 0.325 e. The first-order chi connectivity index (χ1) is 10.4. The Morgan fingerprint density at radius 3 is 2.27 bits per heavy atom. The maximum absolute atomic E-state index is 12.4. The number of halogens is 1. The summed E-state index contributed by atoms with van der Waals surface area (Å²) in [5, 5.41) is 3.31. The van der Waals surface area contributed by atoms with E-state index in [2.05, 4.69) is 5.32 Å². The van der Waals surface area contributed by atoms with E-state index in [9.17, 15) is 14.4 Å². The molecule has 1 aromatic carbocycles. The number of Topliss-reactive ketones (excluding diaryl/α,β-unsaturated/α-hetero) is 1. The van der Waals surface area contributed by atoms with Gasteiger partial charge in [0.15, 0.2) is 5.78 Å². The fourth-order valence-electron chi connectivity index (χ4n) is 2.61. The van der Waals surface area contributed by atoms with Crippen molar-refractivity contribution in [3.63, 3.8) is 0 Å². The lowest BCUT2D eigenvalue weighted by molar-refractivity contribution is -0.134. The van der Waals surface area contributed by atoms with E-state index in [0.717, 1.165) is 10.5 Å². The number of benzene rings is 1. The van der Waals surface area contributed by atoms with Crippen molar-refractivity contribution < 1.29 is 14.4 Å². The van der Waals surface area contributed by atoms with Gasteiger partial charge in [-0.05, 0) is 30.5 Å². The average Bonchev–Trinajstić information content (AvgIpc) is 2.74. The number of amides is 3. The summed E-state index contributed by atoms with van der Waals surface area (Å²) in [5.41, 5.74) is -0.0591. The molecule has 1 fully saturated rings. The van der Waals surface area contributed by atoms with Crippen molar-refractivity contribution in [2.24, 2.45) is 0 Å². The topological polar surface area (TPSA) is 66.5 Å². The van der Waals surface area contributed by atoms with Crippen LogP contribution in [-0.4, -0.2) is 34.7 Å². The Balaban J connectivity index is 2.04. The van der Waals surface area contributed by atoms with Gasteiger partial charge in [0.1, 0.15) is 5.54 Å². The second-order valence-electron chi connectivity index (χ2n) is 5.45. The Kier molecular flexibility index (Phi) is 4.86. The van der Waals surface area contributed by atoms with Crippen LogP contribution in [0.4, 0.5) is 4.79 Å². The van der Waals surface area contributed by atoms with Crippen molar-refractivity contribution in [2.45, 2.75) is 38.6 Å². The highest BCUT2D eigenvalue weighted by Crippen LogP contribution is 2.24. The molecule has 5 nitrogen and oxygen atoms in total. The molecule has 6 heteroatoms. The van der Waals surface area contributed by atoms with Crippen LogP contribution in [0.3, 0.4) is 0 Å². The number of nitrogens with zero attached hydrogens (tertiary/aromatic N) is 1. The summed E-state index contributed by atoms with van der Waals surface area (Å²) in [7, 11) is 0. The van der Waals surface area contributed by atoms with E-state index < -0.39 is 11.6 Å². The van der Waals surface area contributed by atoms with E-state index in [1.54, 1.807) is 24.3 Å². The Morgan fingerprint density at radius 1 is 1.18 bits per heavy atom. The van der Waals surface area contributed by atoms with E-state index >= 15 is 0 Å². The number of urea groups is 1. The fraction of sp³-hybridized carbons (Fsp3) is 0.438. The molecule has 0 saturated carbocycles. The van der Waals surface area contributed by atoms with Crippen LogP contribution in [0.15, 0.2) is 24.3 Å². The predicted molar refractivity (Wildman–Crippen MR) is 83.7 cm³/mol. The molecule has 1 heterocycles. The summed E-state index contributed by atoms with van der Waals surface area (Å²) in [6.45, 7) is 3.50.